The molecule has 0 unspecified atom stereocenters. The monoisotopic (exact) mass is 301 g/mol. The molecule has 0 saturated carbocycles. The van der Waals surface area contributed by atoms with Crippen LogP contribution in [0.15, 0.2) is 42.5 Å². The summed E-state index contributed by atoms with van der Waals surface area (Å²) in [5.74, 6) is -0.991. The number of fused-ring (bicyclic) bond motifs is 1. The van der Waals surface area contributed by atoms with Crippen LogP contribution >= 0.6 is 11.6 Å². The molecular formula is C17H16ClNO2. The normalized spacial score (nSPS) is 14.4. The van der Waals surface area contributed by atoms with Crippen molar-refractivity contribution in [3.05, 3.63) is 64.2 Å². The van der Waals surface area contributed by atoms with Crippen molar-refractivity contribution in [2.75, 3.05) is 18.0 Å². The molecule has 3 nitrogen and oxygen atoms in total. The molecule has 2 aromatic carbocycles. The van der Waals surface area contributed by atoms with E-state index >= 15 is 0 Å². The molecule has 1 N–H and O–H groups in total. The predicted octanol–water partition coefficient (Wildman–Crippen LogP) is 3.64. The number of hydrogen-bond acceptors (Lipinski definition) is 2. The van der Waals surface area contributed by atoms with E-state index in [0.717, 1.165) is 31.6 Å². The molecule has 21 heavy (non-hydrogen) atoms. The van der Waals surface area contributed by atoms with Crippen molar-refractivity contribution in [1.29, 1.82) is 0 Å². The van der Waals surface area contributed by atoms with Crippen molar-refractivity contribution in [3.8, 4) is 0 Å². The molecule has 0 amide bonds. The molecule has 0 bridgehead atoms. The van der Waals surface area contributed by atoms with E-state index < -0.39 is 5.97 Å². The van der Waals surface area contributed by atoms with Crippen LogP contribution in [0.25, 0.3) is 0 Å². The first-order valence-electron chi connectivity index (χ1n) is 7.00. The summed E-state index contributed by atoms with van der Waals surface area (Å²) in [6.07, 6.45) is 1.99. The summed E-state index contributed by atoms with van der Waals surface area (Å²) >= 11 is 6.07. The molecule has 0 aliphatic carbocycles. The maximum absolute atomic E-state index is 11.0. The average molecular weight is 302 g/mol. The minimum Gasteiger partial charge on any atom is -0.478 e. The Morgan fingerprint density at radius 2 is 1.67 bits per heavy atom. The first-order chi connectivity index (χ1) is 10.1. The summed E-state index contributed by atoms with van der Waals surface area (Å²) in [5, 5.41) is 9.33. The summed E-state index contributed by atoms with van der Waals surface area (Å²) in [4.78, 5) is 13.3. The number of nitrogens with zero attached hydrogens (tertiary/aromatic N) is 1. The third-order valence-electron chi connectivity index (χ3n) is 3.97. The first-order valence-corrected chi connectivity index (χ1v) is 7.37. The summed E-state index contributed by atoms with van der Waals surface area (Å²) in [7, 11) is 0. The van der Waals surface area contributed by atoms with Crippen LogP contribution < -0.4 is 4.90 Å². The van der Waals surface area contributed by atoms with Crippen LogP contribution in [0.4, 0.5) is 5.69 Å². The zero-order valence-corrected chi connectivity index (χ0v) is 12.3. The van der Waals surface area contributed by atoms with Gasteiger partial charge in [-0.3, -0.25) is 0 Å². The molecule has 0 fully saturated rings. The first kappa shape index (κ1) is 14.0. The van der Waals surface area contributed by atoms with Gasteiger partial charge in [-0.05, 0) is 42.2 Å². The summed E-state index contributed by atoms with van der Waals surface area (Å²) in [5.41, 5.74) is 3.93. The number of carboxylic acids is 1. The fraction of sp³-hybridized carbons (Fsp3) is 0.235. The van der Waals surface area contributed by atoms with Crippen LogP contribution in [0.2, 0.25) is 5.02 Å². The van der Waals surface area contributed by atoms with E-state index in [4.69, 9.17) is 16.7 Å². The molecule has 108 valence electrons. The third-order valence-corrected chi connectivity index (χ3v) is 4.28. The second kappa shape index (κ2) is 5.78. The Balaban J connectivity index is 1.83. The van der Waals surface area contributed by atoms with Gasteiger partial charge in [0.05, 0.1) is 10.6 Å². The second-order valence-corrected chi connectivity index (χ2v) is 5.63. The van der Waals surface area contributed by atoms with Crippen molar-refractivity contribution in [2.24, 2.45) is 0 Å². The Labute approximate surface area is 128 Å². The average Bonchev–Trinajstić information content (AvgIpc) is 2.69. The van der Waals surface area contributed by atoms with Gasteiger partial charge in [0.15, 0.2) is 0 Å². The molecule has 4 heteroatoms. The number of anilines is 1. The Hall–Kier alpha value is -2.00. The number of benzene rings is 2. The van der Waals surface area contributed by atoms with Gasteiger partial charge in [-0.25, -0.2) is 4.79 Å². The number of rotatable bonds is 2. The van der Waals surface area contributed by atoms with Crippen molar-refractivity contribution in [1.82, 2.24) is 0 Å². The van der Waals surface area contributed by atoms with Crippen LogP contribution in [0.1, 0.15) is 21.5 Å². The van der Waals surface area contributed by atoms with Crippen LogP contribution in [0.3, 0.4) is 0 Å². The molecule has 3 rings (SSSR count). The van der Waals surface area contributed by atoms with Gasteiger partial charge in [0.1, 0.15) is 0 Å². The minimum atomic E-state index is -0.991. The summed E-state index contributed by atoms with van der Waals surface area (Å²) in [6, 6.07) is 13.7. The van der Waals surface area contributed by atoms with Crippen LogP contribution in [0, 0.1) is 0 Å². The SMILES string of the molecule is O=C(O)c1ccc(N2CCc3ccccc3CC2)cc1Cl. The number of halogens is 1. The number of carboxylic acid groups (broad SMARTS) is 1. The van der Waals surface area contributed by atoms with Gasteiger partial charge >= 0.3 is 5.97 Å². The van der Waals surface area contributed by atoms with E-state index in [1.54, 1.807) is 12.1 Å². The van der Waals surface area contributed by atoms with Crippen molar-refractivity contribution in [2.45, 2.75) is 12.8 Å². The molecule has 0 saturated heterocycles. The van der Waals surface area contributed by atoms with Gasteiger partial charge in [-0.15, -0.1) is 0 Å². The fourth-order valence-electron chi connectivity index (χ4n) is 2.80. The van der Waals surface area contributed by atoms with E-state index in [0.29, 0.717) is 5.02 Å². The lowest BCUT2D eigenvalue weighted by atomic mass is 10.0. The number of aromatic carboxylic acids is 1. The van der Waals surface area contributed by atoms with Gasteiger partial charge in [-0.2, -0.15) is 0 Å². The largest absolute Gasteiger partial charge is 0.478 e. The van der Waals surface area contributed by atoms with Gasteiger partial charge < -0.3 is 10.0 Å². The summed E-state index contributed by atoms with van der Waals surface area (Å²) < 4.78 is 0. The lowest BCUT2D eigenvalue weighted by Crippen LogP contribution is -2.26. The molecule has 1 heterocycles. The Kier molecular flexibility index (Phi) is 3.84. The quantitative estimate of drug-likeness (QED) is 0.920. The highest BCUT2D eigenvalue weighted by atomic mass is 35.5. The molecule has 1 aliphatic rings. The number of carbonyl (C=O) groups is 1. The third kappa shape index (κ3) is 2.88. The molecular weight excluding hydrogens is 286 g/mol. The van der Waals surface area contributed by atoms with Crippen LogP contribution in [-0.2, 0) is 12.8 Å². The van der Waals surface area contributed by atoms with E-state index in [1.807, 2.05) is 6.07 Å². The second-order valence-electron chi connectivity index (χ2n) is 5.23. The Bertz CT molecular complexity index is 657. The smallest absolute Gasteiger partial charge is 0.337 e. The van der Waals surface area contributed by atoms with Gasteiger partial charge in [0.2, 0.25) is 0 Å². The predicted molar refractivity (Wildman–Crippen MR) is 84.5 cm³/mol. The molecule has 0 atom stereocenters. The van der Waals surface area contributed by atoms with Crippen molar-refractivity contribution >= 4 is 23.3 Å². The highest BCUT2D eigenvalue weighted by molar-refractivity contribution is 6.33. The van der Waals surface area contributed by atoms with E-state index in [-0.39, 0.29) is 5.56 Å². The molecule has 2 aromatic rings. The highest BCUT2D eigenvalue weighted by Gasteiger charge is 2.16. The minimum absolute atomic E-state index is 0.151. The van der Waals surface area contributed by atoms with Crippen LogP contribution in [-0.4, -0.2) is 24.2 Å². The summed E-state index contributed by atoms with van der Waals surface area (Å²) in [6.45, 7) is 1.83. The van der Waals surface area contributed by atoms with Gasteiger partial charge in [0, 0.05) is 18.8 Å². The van der Waals surface area contributed by atoms with E-state index in [2.05, 4.69) is 29.2 Å². The fourth-order valence-corrected chi connectivity index (χ4v) is 3.06. The molecule has 1 aliphatic heterocycles. The lowest BCUT2D eigenvalue weighted by Gasteiger charge is -2.23. The van der Waals surface area contributed by atoms with Crippen molar-refractivity contribution < 1.29 is 9.90 Å². The number of hydrogen-bond donors (Lipinski definition) is 1. The van der Waals surface area contributed by atoms with E-state index in [1.165, 1.54) is 11.1 Å². The Morgan fingerprint density at radius 3 is 2.19 bits per heavy atom. The zero-order chi connectivity index (χ0) is 14.8. The standard InChI is InChI=1S/C17H16ClNO2/c18-16-11-14(5-6-15(16)17(20)21)19-9-7-12-3-1-2-4-13(12)8-10-19/h1-6,11H,7-10H2,(H,20,21). The zero-order valence-electron chi connectivity index (χ0n) is 11.6. The molecule has 0 radical (unpaired) electrons. The van der Waals surface area contributed by atoms with Crippen molar-refractivity contribution in [3.63, 3.8) is 0 Å². The van der Waals surface area contributed by atoms with E-state index in [9.17, 15) is 4.79 Å². The van der Waals surface area contributed by atoms with Crippen LogP contribution in [0.5, 0.6) is 0 Å². The maximum Gasteiger partial charge on any atom is 0.337 e. The topological polar surface area (TPSA) is 40.5 Å². The van der Waals surface area contributed by atoms with Gasteiger partial charge in [0.25, 0.3) is 0 Å². The Morgan fingerprint density at radius 1 is 1.05 bits per heavy atom. The lowest BCUT2D eigenvalue weighted by molar-refractivity contribution is 0.0697. The highest BCUT2D eigenvalue weighted by Crippen LogP contribution is 2.26. The molecule has 0 aromatic heterocycles. The van der Waals surface area contributed by atoms with Gasteiger partial charge in [-0.1, -0.05) is 35.9 Å². The molecule has 0 spiro atoms. The maximum atomic E-state index is 11.0.